The van der Waals surface area contributed by atoms with Crippen molar-refractivity contribution in [2.75, 3.05) is 44.2 Å². The number of nitrogens with zero attached hydrogens (tertiary/aromatic N) is 3. The van der Waals surface area contributed by atoms with Crippen LogP contribution in [0.3, 0.4) is 0 Å². The normalized spacial score (nSPS) is 15.1. The zero-order valence-corrected chi connectivity index (χ0v) is 17.4. The number of nitrogens with one attached hydrogen (secondary N) is 1. The molecule has 1 aliphatic rings. The minimum Gasteiger partial charge on any atom is -0.351 e. The number of hydrogen-bond donors (Lipinski definition) is 1. The van der Waals surface area contributed by atoms with Crippen LogP contribution in [0.2, 0.25) is 5.02 Å². The highest BCUT2D eigenvalue weighted by molar-refractivity contribution is 7.22. The number of hydrogen-bond acceptors (Lipinski definition) is 5. The minimum absolute atomic E-state index is 0.00419. The second-order valence-corrected chi connectivity index (χ2v) is 8.51. The van der Waals surface area contributed by atoms with Crippen molar-refractivity contribution in [3.8, 4) is 0 Å². The lowest BCUT2D eigenvalue weighted by molar-refractivity contribution is 0.0947. The van der Waals surface area contributed by atoms with E-state index in [1.807, 2.05) is 49.4 Å². The third kappa shape index (κ3) is 4.46. The summed E-state index contributed by atoms with van der Waals surface area (Å²) in [5.74, 6) is -0.00419. The number of halogens is 1. The molecule has 1 aromatic heterocycles. The maximum Gasteiger partial charge on any atom is 0.251 e. The molecule has 1 fully saturated rings. The first-order chi connectivity index (χ1) is 13.6. The third-order valence-corrected chi connectivity index (χ3v) is 6.29. The number of benzene rings is 2. The molecule has 0 bridgehead atoms. The van der Waals surface area contributed by atoms with Crippen molar-refractivity contribution >= 4 is 44.2 Å². The molecule has 1 saturated heterocycles. The molecule has 146 valence electrons. The Morgan fingerprint density at radius 1 is 1.18 bits per heavy atom. The van der Waals surface area contributed by atoms with Gasteiger partial charge in [0.05, 0.1) is 10.2 Å². The van der Waals surface area contributed by atoms with Gasteiger partial charge < -0.3 is 10.2 Å². The largest absolute Gasteiger partial charge is 0.351 e. The highest BCUT2D eigenvalue weighted by atomic mass is 35.5. The molecule has 0 spiro atoms. The molecule has 7 heteroatoms. The first kappa shape index (κ1) is 19.2. The van der Waals surface area contributed by atoms with Crippen molar-refractivity contribution in [1.29, 1.82) is 0 Å². The van der Waals surface area contributed by atoms with Gasteiger partial charge in [-0.15, -0.1) is 0 Å². The molecule has 1 N–H and O–H groups in total. The van der Waals surface area contributed by atoms with Crippen LogP contribution < -0.4 is 10.2 Å². The van der Waals surface area contributed by atoms with Gasteiger partial charge in [-0.2, -0.15) is 0 Å². The Hall–Kier alpha value is -2.15. The molecule has 4 rings (SSSR count). The fourth-order valence-corrected chi connectivity index (χ4v) is 4.69. The van der Waals surface area contributed by atoms with Crippen molar-refractivity contribution in [3.05, 3.63) is 58.6 Å². The quantitative estimate of drug-likeness (QED) is 0.689. The topological polar surface area (TPSA) is 48.5 Å². The Morgan fingerprint density at radius 2 is 2.00 bits per heavy atom. The third-order valence-electron chi connectivity index (χ3n) is 4.98. The van der Waals surface area contributed by atoms with Crippen LogP contribution in [0, 0.1) is 6.92 Å². The molecule has 2 heterocycles. The van der Waals surface area contributed by atoms with Crippen molar-refractivity contribution in [1.82, 2.24) is 15.2 Å². The number of carbonyl (C=O) groups excluding carboxylic acids is 1. The Morgan fingerprint density at radius 3 is 2.79 bits per heavy atom. The predicted molar refractivity (Wildman–Crippen MR) is 117 cm³/mol. The number of anilines is 1. The molecule has 28 heavy (non-hydrogen) atoms. The molecule has 2 aromatic carbocycles. The highest BCUT2D eigenvalue weighted by Crippen LogP contribution is 2.31. The number of fused-ring (bicyclic) bond motifs is 1. The highest BCUT2D eigenvalue weighted by Gasteiger charge is 2.20. The molecule has 1 amide bonds. The van der Waals surface area contributed by atoms with Crippen molar-refractivity contribution < 1.29 is 4.79 Å². The number of aromatic nitrogens is 1. The van der Waals surface area contributed by atoms with Gasteiger partial charge in [-0.05, 0) is 37.3 Å². The number of amides is 1. The number of rotatable bonds is 5. The monoisotopic (exact) mass is 414 g/mol. The summed E-state index contributed by atoms with van der Waals surface area (Å²) in [7, 11) is 0. The summed E-state index contributed by atoms with van der Waals surface area (Å²) in [6, 6.07) is 13.5. The van der Waals surface area contributed by atoms with Crippen LogP contribution in [0.4, 0.5) is 5.13 Å². The first-order valence-electron chi connectivity index (χ1n) is 9.47. The van der Waals surface area contributed by atoms with E-state index in [1.165, 1.54) is 0 Å². The molecule has 0 saturated carbocycles. The molecule has 0 aliphatic carbocycles. The van der Waals surface area contributed by atoms with Gasteiger partial charge in [-0.25, -0.2) is 4.98 Å². The van der Waals surface area contributed by atoms with Gasteiger partial charge in [0, 0.05) is 49.9 Å². The van der Waals surface area contributed by atoms with Crippen LogP contribution >= 0.6 is 22.9 Å². The second kappa shape index (κ2) is 8.47. The van der Waals surface area contributed by atoms with E-state index in [9.17, 15) is 4.79 Å². The number of thiazole rings is 1. The Balaban J connectivity index is 1.25. The lowest BCUT2D eigenvalue weighted by atomic mass is 10.1. The van der Waals surface area contributed by atoms with E-state index in [-0.39, 0.29) is 5.91 Å². The van der Waals surface area contributed by atoms with Crippen molar-refractivity contribution in [2.45, 2.75) is 6.92 Å². The SMILES string of the molecule is Cc1cccc(C(=O)NCCN2CCN(c3nc4ccc(Cl)cc4s3)CC2)c1. The van der Waals surface area contributed by atoms with E-state index in [1.54, 1.807) is 11.3 Å². The van der Waals surface area contributed by atoms with Crippen molar-refractivity contribution in [3.63, 3.8) is 0 Å². The number of aryl methyl sites for hydroxylation is 1. The molecule has 3 aromatic rings. The summed E-state index contributed by atoms with van der Waals surface area (Å²) >= 11 is 7.77. The van der Waals surface area contributed by atoms with Crippen LogP contribution in [-0.4, -0.2) is 55.1 Å². The lowest BCUT2D eigenvalue weighted by Crippen LogP contribution is -2.48. The van der Waals surface area contributed by atoms with Crippen molar-refractivity contribution in [2.24, 2.45) is 0 Å². The molecule has 5 nitrogen and oxygen atoms in total. The summed E-state index contributed by atoms with van der Waals surface area (Å²) in [5, 5.41) is 4.83. The van der Waals surface area contributed by atoms with Crippen LogP contribution in [0.1, 0.15) is 15.9 Å². The number of piperazine rings is 1. The van der Waals surface area contributed by atoms with E-state index in [0.717, 1.165) is 64.2 Å². The molecule has 0 unspecified atom stereocenters. The van der Waals surface area contributed by atoms with Crippen LogP contribution in [0.15, 0.2) is 42.5 Å². The summed E-state index contributed by atoms with van der Waals surface area (Å²) in [6.45, 7) is 7.34. The summed E-state index contributed by atoms with van der Waals surface area (Å²) < 4.78 is 1.13. The molecule has 0 atom stereocenters. The van der Waals surface area contributed by atoms with Crippen LogP contribution in [0.25, 0.3) is 10.2 Å². The average Bonchev–Trinajstić information content (AvgIpc) is 3.11. The Bertz CT molecular complexity index is 981. The van der Waals surface area contributed by atoms with Gasteiger partial charge in [-0.1, -0.05) is 40.6 Å². The van der Waals surface area contributed by atoms with E-state index >= 15 is 0 Å². The first-order valence-corrected chi connectivity index (χ1v) is 10.7. The van der Waals surface area contributed by atoms with E-state index in [4.69, 9.17) is 16.6 Å². The molecule has 0 radical (unpaired) electrons. The van der Waals surface area contributed by atoms with E-state index < -0.39 is 0 Å². The standard InChI is InChI=1S/C21H23ClN4OS/c1-15-3-2-4-16(13-15)20(27)23-7-8-25-9-11-26(12-10-25)21-24-18-6-5-17(22)14-19(18)28-21/h2-6,13-14H,7-12H2,1H3,(H,23,27). The van der Waals surface area contributed by atoms with Crippen LogP contribution in [0.5, 0.6) is 0 Å². The average molecular weight is 415 g/mol. The van der Waals surface area contributed by atoms with Gasteiger partial charge >= 0.3 is 0 Å². The lowest BCUT2D eigenvalue weighted by Gasteiger charge is -2.34. The number of carbonyl (C=O) groups is 1. The van der Waals surface area contributed by atoms with Crippen LogP contribution in [-0.2, 0) is 0 Å². The fourth-order valence-electron chi connectivity index (χ4n) is 3.40. The van der Waals surface area contributed by atoms with E-state index in [0.29, 0.717) is 6.54 Å². The zero-order valence-electron chi connectivity index (χ0n) is 15.8. The Kier molecular flexibility index (Phi) is 5.80. The molecule has 1 aliphatic heterocycles. The van der Waals surface area contributed by atoms with Gasteiger partial charge in [0.2, 0.25) is 0 Å². The van der Waals surface area contributed by atoms with Gasteiger partial charge in [-0.3, -0.25) is 9.69 Å². The second-order valence-electron chi connectivity index (χ2n) is 7.06. The van der Waals surface area contributed by atoms with Gasteiger partial charge in [0.1, 0.15) is 0 Å². The maximum atomic E-state index is 12.2. The Labute approximate surface area is 173 Å². The molecular formula is C21H23ClN4OS. The summed E-state index contributed by atoms with van der Waals surface area (Å²) in [4.78, 5) is 21.7. The predicted octanol–water partition coefficient (Wildman–Crippen LogP) is 3.81. The van der Waals surface area contributed by atoms with E-state index in [2.05, 4.69) is 15.1 Å². The summed E-state index contributed by atoms with van der Waals surface area (Å²) in [5.41, 5.74) is 2.83. The minimum atomic E-state index is -0.00419. The maximum absolute atomic E-state index is 12.2. The fraction of sp³-hybridized carbons (Fsp3) is 0.333. The molecular weight excluding hydrogens is 392 g/mol. The van der Waals surface area contributed by atoms with Gasteiger partial charge in [0.15, 0.2) is 5.13 Å². The summed E-state index contributed by atoms with van der Waals surface area (Å²) in [6.07, 6.45) is 0. The zero-order chi connectivity index (χ0) is 19.5. The van der Waals surface area contributed by atoms with Gasteiger partial charge in [0.25, 0.3) is 5.91 Å². The smallest absolute Gasteiger partial charge is 0.251 e.